The molecule has 0 aromatic rings. The lowest BCUT2D eigenvalue weighted by Gasteiger charge is -2.24. The van der Waals surface area contributed by atoms with Gasteiger partial charge in [0, 0.05) is 6.42 Å². The lowest BCUT2D eigenvalue weighted by molar-refractivity contribution is -0.201. The highest BCUT2D eigenvalue weighted by molar-refractivity contribution is 6.23. The highest BCUT2D eigenvalue weighted by Gasteiger charge is 2.35. The van der Waals surface area contributed by atoms with Crippen LogP contribution >= 0.6 is 11.6 Å². The van der Waals surface area contributed by atoms with Crippen LogP contribution < -0.4 is 0 Å². The summed E-state index contributed by atoms with van der Waals surface area (Å²) in [7, 11) is 0. The summed E-state index contributed by atoms with van der Waals surface area (Å²) in [5, 5.41) is 14.5. The number of ether oxygens (including phenoxy) is 2. The van der Waals surface area contributed by atoms with Crippen molar-refractivity contribution in [2.45, 2.75) is 31.4 Å². The molecule has 0 atom stereocenters. The lowest BCUT2D eigenvalue weighted by Crippen LogP contribution is -2.35. The molecule has 102 valence electrons. The Kier molecular flexibility index (Phi) is 6.11. The van der Waals surface area contributed by atoms with Crippen molar-refractivity contribution in [3.8, 4) is 0 Å². The Balaban J connectivity index is 4.51. The number of aliphatic carboxylic acids is 2. The second-order valence-corrected chi connectivity index (χ2v) is 3.68. The zero-order valence-corrected chi connectivity index (χ0v) is 10.1. The third kappa shape index (κ3) is 6.69. The molecule has 18 heavy (non-hydrogen) atoms. The van der Waals surface area contributed by atoms with Gasteiger partial charge in [0.05, 0.1) is 0 Å². The summed E-state index contributed by atoms with van der Waals surface area (Å²) in [6.07, 6.45) is -2.08. The van der Waals surface area contributed by atoms with Gasteiger partial charge in [0.25, 0.3) is 0 Å². The van der Waals surface area contributed by atoms with E-state index < -0.39 is 42.0 Å². The SMILES string of the molecule is CCC(Cl)(OC(=O)CC(=O)O)OC(=O)CC(=O)O. The van der Waals surface area contributed by atoms with E-state index >= 15 is 0 Å². The quantitative estimate of drug-likeness (QED) is 0.296. The topological polar surface area (TPSA) is 127 Å². The maximum absolute atomic E-state index is 11.0. The Morgan fingerprint density at radius 1 is 1.00 bits per heavy atom. The van der Waals surface area contributed by atoms with Crippen molar-refractivity contribution in [3.63, 3.8) is 0 Å². The number of halogens is 1. The Morgan fingerprint density at radius 3 is 1.56 bits per heavy atom. The fourth-order valence-corrected chi connectivity index (χ4v) is 0.996. The maximum Gasteiger partial charge on any atom is 0.336 e. The molecule has 0 heterocycles. The van der Waals surface area contributed by atoms with Crippen LogP contribution in [-0.4, -0.2) is 39.3 Å². The Bertz CT molecular complexity index is 334. The average Bonchev–Trinajstić information content (AvgIpc) is 2.13. The molecule has 8 nitrogen and oxygen atoms in total. The number of esters is 2. The molecule has 0 rings (SSSR count). The van der Waals surface area contributed by atoms with Crippen molar-refractivity contribution in [1.29, 1.82) is 0 Å². The molecule has 0 aliphatic heterocycles. The molecule has 0 saturated carbocycles. The van der Waals surface area contributed by atoms with Crippen molar-refractivity contribution in [2.75, 3.05) is 0 Å². The molecule has 0 aromatic heterocycles. The Labute approximate surface area is 106 Å². The van der Waals surface area contributed by atoms with Gasteiger partial charge in [-0.1, -0.05) is 6.92 Å². The molecule has 0 saturated heterocycles. The molecule has 0 spiro atoms. The van der Waals surface area contributed by atoms with Gasteiger partial charge in [-0.15, -0.1) is 0 Å². The Hall–Kier alpha value is -1.83. The summed E-state index contributed by atoms with van der Waals surface area (Å²) in [5.74, 6) is -5.29. The minimum absolute atomic E-state index is 0.175. The van der Waals surface area contributed by atoms with Gasteiger partial charge in [-0.25, -0.2) is 0 Å². The molecular weight excluding hydrogens is 272 g/mol. The second-order valence-electron chi connectivity index (χ2n) is 3.10. The highest BCUT2D eigenvalue weighted by atomic mass is 35.5. The van der Waals surface area contributed by atoms with Gasteiger partial charge < -0.3 is 19.7 Å². The third-order valence-electron chi connectivity index (χ3n) is 1.55. The van der Waals surface area contributed by atoms with Crippen molar-refractivity contribution < 1.29 is 38.9 Å². The van der Waals surface area contributed by atoms with Crippen molar-refractivity contribution in [1.82, 2.24) is 0 Å². The molecule has 0 aromatic carbocycles. The van der Waals surface area contributed by atoms with Crippen LogP contribution in [0.15, 0.2) is 0 Å². The van der Waals surface area contributed by atoms with E-state index in [1.165, 1.54) is 6.92 Å². The average molecular weight is 283 g/mol. The zero-order valence-electron chi connectivity index (χ0n) is 9.34. The summed E-state index contributed by atoms with van der Waals surface area (Å²) < 4.78 is 8.92. The first-order chi connectivity index (χ1) is 8.18. The highest BCUT2D eigenvalue weighted by Crippen LogP contribution is 2.24. The molecule has 0 bridgehead atoms. The molecule has 0 radical (unpaired) electrons. The first-order valence-electron chi connectivity index (χ1n) is 4.74. The van der Waals surface area contributed by atoms with Crippen LogP contribution in [0.5, 0.6) is 0 Å². The van der Waals surface area contributed by atoms with Crippen LogP contribution in [0.3, 0.4) is 0 Å². The predicted octanol–water partition coefficient (Wildman–Crippen LogP) is 0.325. The zero-order chi connectivity index (χ0) is 14.3. The van der Waals surface area contributed by atoms with Crippen LogP contribution in [0.25, 0.3) is 0 Å². The molecule has 0 aliphatic carbocycles. The van der Waals surface area contributed by atoms with E-state index in [4.69, 9.17) is 21.8 Å². The van der Waals surface area contributed by atoms with Crippen LogP contribution in [0, 0.1) is 0 Å². The molecule has 0 aliphatic rings. The summed E-state index contributed by atoms with van der Waals surface area (Å²) in [6.45, 7) is 1.40. The number of hydrogen-bond acceptors (Lipinski definition) is 6. The molecule has 0 fully saturated rings. The van der Waals surface area contributed by atoms with Crippen LogP contribution in [0.4, 0.5) is 0 Å². The Morgan fingerprint density at radius 2 is 1.33 bits per heavy atom. The predicted molar refractivity (Wildman–Crippen MR) is 55.6 cm³/mol. The van der Waals surface area contributed by atoms with E-state index in [1.807, 2.05) is 0 Å². The molecular formula is C9H11ClO8. The van der Waals surface area contributed by atoms with E-state index in [0.29, 0.717) is 0 Å². The standard InChI is InChI=1S/C9H11ClO8/c1-2-9(10,17-7(15)3-5(11)12)18-8(16)4-6(13)14/h2-4H2,1H3,(H,11,12)(H,13,14). The van der Waals surface area contributed by atoms with E-state index in [1.54, 1.807) is 0 Å². The van der Waals surface area contributed by atoms with Gasteiger partial charge in [0.1, 0.15) is 12.8 Å². The van der Waals surface area contributed by atoms with E-state index in [-0.39, 0.29) is 6.42 Å². The van der Waals surface area contributed by atoms with Crippen molar-refractivity contribution in [2.24, 2.45) is 0 Å². The van der Waals surface area contributed by atoms with Crippen LogP contribution in [-0.2, 0) is 28.7 Å². The number of carboxylic acids is 2. The van der Waals surface area contributed by atoms with E-state index in [2.05, 4.69) is 9.47 Å². The maximum atomic E-state index is 11.0. The molecule has 0 unspecified atom stereocenters. The summed E-state index contributed by atoms with van der Waals surface area (Å²) in [4.78, 5) is 42.5. The molecule has 0 amide bonds. The van der Waals surface area contributed by atoms with Crippen molar-refractivity contribution in [3.05, 3.63) is 0 Å². The van der Waals surface area contributed by atoms with Gasteiger partial charge in [0.15, 0.2) is 0 Å². The van der Waals surface area contributed by atoms with Gasteiger partial charge in [-0.05, 0) is 11.6 Å². The van der Waals surface area contributed by atoms with Gasteiger partial charge >= 0.3 is 29.1 Å². The summed E-state index contributed by atoms with van der Waals surface area (Å²) in [6, 6.07) is 0. The number of carbonyl (C=O) groups excluding carboxylic acids is 2. The largest absolute Gasteiger partial charge is 0.481 e. The molecule has 2 N–H and O–H groups in total. The number of alkyl halides is 1. The van der Waals surface area contributed by atoms with Gasteiger partial charge in [-0.2, -0.15) is 0 Å². The van der Waals surface area contributed by atoms with Gasteiger partial charge in [-0.3, -0.25) is 19.2 Å². The normalized spacial score (nSPS) is 10.6. The monoisotopic (exact) mass is 282 g/mol. The first kappa shape index (κ1) is 16.2. The van der Waals surface area contributed by atoms with E-state index in [9.17, 15) is 19.2 Å². The first-order valence-corrected chi connectivity index (χ1v) is 5.12. The smallest absolute Gasteiger partial charge is 0.336 e. The fourth-order valence-electron chi connectivity index (χ4n) is 0.824. The van der Waals surface area contributed by atoms with Gasteiger partial charge in [0.2, 0.25) is 0 Å². The summed E-state index contributed by atoms with van der Waals surface area (Å²) >= 11 is 5.61. The molecule has 9 heteroatoms. The van der Waals surface area contributed by atoms with Crippen LogP contribution in [0.1, 0.15) is 26.2 Å². The minimum Gasteiger partial charge on any atom is -0.481 e. The summed E-state index contributed by atoms with van der Waals surface area (Å²) in [5.41, 5.74) is 0. The third-order valence-corrected chi connectivity index (χ3v) is 1.97. The fraction of sp³-hybridized carbons (Fsp3) is 0.556. The number of carbonyl (C=O) groups is 4. The van der Waals surface area contributed by atoms with Crippen LogP contribution in [0.2, 0.25) is 0 Å². The van der Waals surface area contributed by atoms with Crippen molar-refractivity contribution >= 4 is 35.5 Å². The lowest BCUT2D eigenvalue weighted by atomic mass is 10.4. The second kappa shape index (κ2) is 6.80. The number of rotatable bonds is 7. The number of carboxylic acid groups (broad SMARTS) is 2. The number of hydrogen-bond donors (Lipinski definition) is 2. The van der Waals surface area contributed by atoms with E-state index in [0.717, 1.165) is 0 Å². The minimum atomic E-state index is -2.20.